The van der Waals surface area contributed by atoms with Crippen LogP contribution in [0.25, 0.3) is 11.0 Å². The number of hydrogen-bond acceptors (Lipinski definition) is 2. The second-order valence-electron chi connectivity index (χ2n) is 5.30. The van der Waals surface area contributed by atoms with E-state index in [0.29, 0.717) is 6.04 Å². The monoisotopic (exact) mass is 295 g/mol. The number of rotatable bonds is 2. The van der Waals surface area contributed by atoms with Gasteiger partial charge in [-0.15, -0.1) is 0 Å². The molecule has 3 nitrogen and oxygen atoms in total. The van der Waals surface area contributed by atoms with Crippen LogP contribution < -0.4 is 0 Å². The largest absolute Gasteiger partial charge is 0.329 e. The summed E-state index contributed by atoms with van der Waals surface area (Å²) >= 11 is 11.7. The van der Waals surface area contributed by atoms with E-state index in [4.69, 9.17) is 23.8 Å². The molecule has 1 aromatic carbocycles. The third kappa shape index (κ3) is 2.45. The summed E-state index contributed by atoms with van der Waals surface area (Å²) < 4.78 is 2.95. The van der Waals surface area contributed by atoms with Gasteiger partial charge in [-0.2, -0.15) is 0 Å². The summed E-state index contributed by atoms with van der Waals surface area (Å²) in [6.07, 6.45) is 3.86. The highest BCUT2D eigenvalue weighted by molar-refractivity contribution is 7.71. The normalized spacial score (nSPS) is 21.1. The van der Waals surface area contributed by atoms with Gasteiger partial charge in [0, 0.05) is 12.6 Å². The predicted molar refractivity (Wildman–Crippen MR) is 82.4 cm³/mol. The van der Waals surface area contributed by atoms with Crippen molar-refractivity contribution in [3.8, 4) is 0 Å². The number of nitrogens with zero attached hydrogens (tertiary/aromatic N) is 2. The number of piperidine rings is 1. The third-order valence-corrected chi connectivity index (χ3v) is 4.71. The van der Waals surface area contributed by atoms with Crippen LogP contribution in [0.3, 0.4) is 0 Å². The van der Waals surface area contributed by atoms with Crippen LogP contribution in [0.15, 0.2) is 18.2 Å². The molecule has 0 spiro atoms. The molecule has 1 aliphatic heterocycles. The molecule has 5 heteroatoms. The van der Waals surface area contributed by atoms with E-state index in [2.05, 4.69) is 27.6 Å². The predicted octanol–water partition coefficient (Wildman–Crippen LogP) is 3.84. The van der Waals surface area contributed by atoms with Crippen molar-refractivity contribution in [2.45, 2.75) is 31.8 Å². The van der Waals surface area contributed by atoms with Crippen LogP contribution in [0.4, 0.5) is 0 Å². The van der Waals surface area contributed by atoms with Crippen LogP contribution in [0.2, 0.25) is 5.02 Å². The number of benzene rings is 1. The van der Waals surface area contributed by atoms with Crippen molar-refractivity contribution in [2.75, 3.05) is 13.6 Å². The Bertz CT molecular complexity index is 646. The van der Waals surface area contributed by atoms with Crippen LogP contribution in [0, 0.1) is 4.77 Å². The maximum Gasteiger partial charge on any atom is 0.178 e. The molecule has 102 valence electrons. The summed E-state index contributed by atoms with van der Waals surface area (Å²) in [6.45, 7) is 2.12. The average Bonchev–Trinajstić information content (AvgIpc) is 2.71. The maximum atomic E-state index is 6.21. The fraction of sp³-hybridized carbons (Fsp3) is 0.500. The summed E-state index contributed by atoms with van der Waals surface area (Å²) in [5.41, 5.74) is 2.06. The van der Waals surface area contributed by atoms with Crippen LogP contribution in [0.5, 0.6) is 0 Å². The van der Waals surface area contributed by atoms with E-state index in [-0.39, 0.29) is 0 Å². The van der Waals surface area contributed by atoms with E-state index in [1.807, 2.05) is 12.1 Å². The van der Waals surface area contributed by atoms with Crippen molar-refractivity contribution in [1.82, 2.24) is 14.5 Å². The first-order chi connectivity index (χ1) is 9.16. The number of halogens is 1. The molecular weight excluding hydrogens is 278 g/mol. The first kappa shape index (κ1) is 13.2. The Morgan fingerprint density at radius 2 is 2.26 bits per heavy atom. The standard InChI is InChI=1S/C14H18ClN3S/c1-17-8-3-2-5-10(17)9-18-12-7-4-6-11(15)13(12)16-14(18)19/h4,6-7,10H,2-3,5,8-9H2,1H3,(H,16,19). The summed E-state index contributed by atoms with van der Waals surface area (Å²) in [5.74, 6) is 0. The van der Waals surface area contributed by atoms with Crippen molar-refractivity contribution in [3.63, 3.8) is 0 Å². The van der Waals surface area contributed by atoms with Crippen molar-refractivity contribution < 1.29 is 0 Å². The smallest absolute Gasteiger partial charge is 0.178 e. The minimum absolute atomic E-state index is 0.568. The lowest BCUT2D eigenvalue weighted by Crippen LogP contribution is -2.39. The molecule has 0 bridgehead atoms. The molecule has 0 aliphatic carbocycles. The number of hydrogen-bond donors (Lipinski definition) is 1. The fourth-order valence-corrected chi connectivity index (χ4v) is 3.40. The highest BCUT2D eigenvalue weighted by atomic mass is 35.5. The lowest BCUT2D eigenvalue weighted by molar-refractivity contribution is 0.168. The molecule has 1 atom stereocenters. The van der Waals surface area contributed by atoms with E-state index in [1.54, 1.807) is 0 Å². The number of likely N-dealkylation sites (tertiary alicyclic amines) is 1. The number of aromatic nitrogens is 2. The van der Waals surface area contributed by atoms with Gasteiger partial charge in [0.05, 0.1) is 16.1 Å². The van der Waals surface area contributed by atoms with Gasteiger partial charge in [-0.3, -0.25) is 0 Å². The summed E-state index contributed by atoms with van der Waals surface area (Å²) in [7, 11) is 2.20. The van der Waals surface area contributed by atoms with Crippen molar-refractivity contribution in [1.29, 1.82) is 0 Å². The van der Waals surface area contributed by atoms with Crippen LogP contribution in [-0.2, 0) is 6.54 Å². The number of likely N-dealkylation sites (N-methyl/N-ethyl adjacent to an activating group) is 1. The zero-order chi connectivity index (χ0) is 13.4. The first-order valence-electron chi connectivity index (χ1n) is 6.74. The van der Waals surface area contributed by atoms with Crippen molar-refractivity contribution in [2.24, 2.45) is 0 Å². The molecule has 1 N–H and O–H groups in total. The van der Waals surface area contributed by atoms with Gasteiger partial charge in [-0.25, -0.2) is 0 Å². The molecule has 3 rings (SSSR count). The van der Waals surface area contributed by atoms with Gasteiger partial charge in [0.1, 0.15) is 0 Å². The molecule has 1 aliphatic rings. The molecule has 1 unspecified atom stereocenters. The van der Waals surface area contributed by atoms with Crippen LogP contribution >= 0.6 is 23.8 Å². The Morgan fingerprint density at radius 3 is 3.05 bits per heavy atom. The Morgan fingerprint density at radius 1 is 1.42 bits per heavy atom. The Labute approximate surface area is 123 Å². The minimum atomic E-state index is 0.568. The Kier molecular flexibility index (Phi) is 3.65. The van der Waals surface area contributed by atoms with Gasteiger partial charge in [0.2, 0.25) is 0 Å². The molecule has 0 radical (unpaired) electrons. The maximum absolute atomic E-state index is 6.21. The molecule has 1 aromatic heterocycles. The minimum Gasteiger partial charge on any atom is -0.329 e. The first-order valence-corrected chi connectivity index (χ1v) is 7.52. The van der Waals surface area contributed by atoms with Gasteiger partial charge in [0.25, 0.3) is 0 Å². The molecule has 2 heterocycles. The molecule has 0 amide bonds. The van der Waals surface area contributed by atoms with E-state index in [1.165, 1.54) is 25.8 Å². The van der Waals surface area contributed by atoms with Gasteiger partial charge in [-0.1, -0.05) is 24.1 Å². The van der Waals surface area contributed by atoms with Gasteiger partial charge in [-0.05, 0) is 50.8 Å². The molecule has 1 fully saturated rings. The molecule has 2 aromatic rings. The number of H-pyrrole nitrogens is 1. The van der Waals surface area contributed by atoms with Crippen LogP contribution in [-0.4, -0.2) is 34.1 Å². The number of fused-ring (bicyclic) bond motifs is 1. The summed E-state index contributed by atoms with van der Waals surface area (Å²) in [5, 5.41) is 0.736. The summed E-state index contributed by atoms with van der Waals surface area (Å²) in [6, 6.07) is 6.52. The van der Waals surface area contributed by atoms with Crippen molar-refractivity contribution in [3.05, 3.63) is 28.0 Å². The number of para-hydroxylation sites is 1. The van der Waals surface area contributed by atoms with E-state index in [0.717, 1.165) is 27.4 Å². The zero-order valence-electron chi connectivity index (χ0n) is 11.0. The van der Waals surface area contributed by atoms with E-state index in [9.17, 15) is 0 Å². The quantitative estimate of drug-likeness (QED) is 0.851. The number of imidazole rings is 1. The fourth-order valence-electron chi connectivity index (χ4n) is 2.91. The molecule has 1 saturated heterocycles. The summed E-state index contributed by atoms with van der Waals surface area (Å²) in [4.78, 5) is 5.67. The van der Waals surface area contributed by atoms with Gasteiger partial charge >= 0.3 is 0 Å². The molecular formula is C14H18ClN3S. The average molecular weight is 296 g/mol. The molecule has 19 heavy (non-hydrogen) atoms. The highest BCUT2D eigenvalue weighted by Gasteiger charge is 2.20. The van der Waals surface area contributed by atoms with Crippen LogP contribution in [0.1, 0.15) is 19.3 Å². The van der Waals surface area contributed by atoms with Crippen molar-refractivity contribution >= 4 is 34.9 Å². The highest BCUT2D eigenvalue weighted by Crippen LogP contribution is 2.24. The van der Waals surface area contributed by atoms with Gasteiger partial charge in [0.15, 0.2) is 4.77 Å². The second kappa shape index (κ2) is 5.27. The zero-order valence-corrected chi connectivity index (χ0v) is 12.6. The Balaban J connectivity index is 1.98. The van der Waals surface area contributed by atoms with E-state index < -0.39 is 0 Å². The SMILES string of the molecule is CN1CCCCC1Cn1c(=S)[nH]c2c(Cl)cccc21. The molecule has 0 saturated carbocycles. The topological polar surface area (TPSA) is 24.0 Å². The third-order valence-electron chi connectivity index (χ3n) is 4.07. The Hall–Kier alpha value is -0.840. The second-order valence-corrected chi connectivity index (χ2v) is 6.10. The lowest BCUT2D eigenvalue weighted by atomic mass is 10.0. The van der Waals surface area contributed by atoms with Gasteiger partial charge < -0.3 is 14.5 Å². The number of aromatic amines is 1. The number of nitrogens with one attached hydrogen (secondary N) is 1. The van der Waals surface area contributed by atoms with E-state index >= 15 is 0 Å². The lowest BCUT2D eigenvalue weighted by Gasteiger charge is -2.32.